The third-order valence-electron chi connectivity index (χ3n) is 2.62. The molecule has 1 aliphatic rings. The van der Waals surface area contributed by atoms with Crippen LogP contribution in [0.3, 0.4) is 0 Å². The summed E-state index contributed by atoms with van der Waals surface area (Å²) in [5.41, 5.74) is 4.93. The summed E-state index contributed by atoms with van der Waals surface area (Å²) in [5, 5.41) is 11.4. The number of piperazine rings is 1. The Morgan fingerprint density at radius 1 is 1.32 bits per heavy atom. The second-order valence-corrected chi connectivity index (χ2v) is 7.29. The Balaban J connectivity index is 2.54. The molecule has 1 fully saturated rings. The minimum absolute atomic E-state index is 0.129. The standard InChI is InChI=1S/C10H23N5O3S/c1-10(2,3)13-19(17,18)15-6-4-14(5-7-15)8-9(11)12-16/h13,16H,4-8H2,1-3H3,(H2,11,12). The van der Waals surface area contributed by atoms with Crippen LogP contribution in [0.5, 0.6) is 0 Å². The fourth-order valence-electron chi connectivity index (χ4n) is 1.84. The molecular weight excluding hydrogens is 270 g/mol. The molecule has 0 atom stereocenters. The third kappa shape index (κ3) is 5.31. The molecule has 1 saturated heterocycles. The largest absolute Gasteiger partial charge is 0.409 e. The molecule has 0 unspecified atom stereocenters. The lowest BCUT2D eigenvalue weighted by Crippen LogP contribution is -2.56. The molecule has 19 heavy (non-hydrogen) atoms. The van der Waals surface area contributed by atoms with Gasteiger partial charge < -0.3 is 10.9 Å². The van der Waals surface area contributed by atoms with Gasteiger partial charge in [0.1, 0.15) is 0 Å². The van der Waals surface area contributed by atoms with E-state index in [9.17, 15) is 8.42 Å². The van der Waals surface area contributed by atoms with Crippen LogP contribution in [0, 0.1) is 0 Å². The Labute approximate surface area is 114 Å². The van der Waals surface area contributed by atoms with Gasteiger partial charge in [-0.25, -0.2) is 0 Å². The van der Waals surface area contributed by atoms with Gasteiger partial charge in [-0.05, 0) is 20.8 Å². The number of amidine groups is 1. The summed E-state index contributed by atoms with van der Waals surface area (Å²) < 4.78 is 28.2. The van der Waals surface area contributed by atoms with Gasteiger partial charge in [-0.15, -0.1) is 0 Å². The fourth-order valence-corrected chi connectivity index (χ4v) is 3.39. The van der Waals surface area contributed by atoms with Crippen LogP contribution in [-0.2, 0) is 10.2 Å². The number of hydrogen-bond donors (Lipinski definition) is 3. The maximum Gasteiger partial charge on any atom is 0.280 e. The van der Waals surface area contributed by atoms with Crippen molar-refractivity contribution in [2.75, 3.05) is 32.7 Å². The summed E-state index contributed by atoms with van der Waals surface area (Å²) >= 11 is 0. The highest BCUT2D eigenvalue weighted by molar-refractivity contribution is 7.87. The minimum Gasteiger partial charge on any atom is -0.409 e. The van der Waals surface area contributed by atoms with Crippen molar-refractivity contribution >= 4 is 16.0 Å². The quantitative estimate of drug-likeness (QED) is 0.266. The normalized spacial score (nSPS) is 20.7. The first-order valence-corrected chi connectivity index (χ1v) is 7.56. The Bertz CT molecular complexity index is 421. The Morgan fingerprint density at radius 2 is 1.84 bits per heavy atom. The van der Waals surface area contributed by atoms with E-state index in [4.69, 9.17) is 10.9 Å². The van der Waals surface area contributed by atoms with Crippen LogP contribution in [0.2, 0.25) is 0 Å². The van der Waals surface area contributed by atoms with Gasteiger partial charge >= 0.3 is 0 Å². The summed E-state index contributed by atoms with van der Waals surface area (Å²) in [6.07, 6.45) is 0. The molecule has 0 aromatic carbocycles. The van der Waals surface area contributed by atoms with Crippen molar-refractivity contribution in [3.8, 4) is 0 Å². The Morgan fingerprint density at radius 3 is 2.26 bits per heavy atom. The van der Waals surface area contributed by atoms with Crippen LogP contribution in [0.1, 0.15) is 20.8 Å². The van der Waals surface area contributed by atoms with E-state index in [0.29, 0.717) is 32.7 Å². The number of nitrogens with two attached hydrogens (primary N) is 1. The van der Waals surface area contributed by atoms with Crippen molar-refractivity contribution in [2.24, 2.45) is 10.9 Å². The average molecular weight is 293 g/mol. The van der Waals surface area contributed by atoms with Crippen molar-refractivity contribution < 1.29 is 13.6 Å². The molecule has 112 valence electrons. The second kappa shape index (κ2) is 6.04. The lowest BCUT2D eigenvalue weighted by Gasteiger charge is -2.35. The predicted octanol–water partition coefficient (Wildman–Crippen LogP) is -1.02. The SMILES string of the molecule is CC(C)(C)NS(=O)(=O)N1CCN(CC(N)=NO)CC1. The summed E-state index contributed by atoms with van der Waals surface area (Å²) in [4.78, 5) is 1.94. The van der Waals surface area contributed by atoms with Crippen LogP contribution in [-0.4, -0.2) is 66.9 Å². The first-order chi connectivity index (χ1) is 8.64. The predicted molar refractivity (Wildman–Crippen MR) is 73.2 cm³/mol. The van der Waals surface area contributed by atoms with E-state index in [0.717, 1.165) is 0 Å². The summed E-state index contributed by atoms with van der Waals surface area (Å²) in [6, 6.07) is 0. The van der Waals surface area contributed by atoms with Crippen molar-refractivity contribution in [2.45, 2.75) is 26.3 Å². The van der Waals surface area contributed by atoms with Gasteiger partial charge in [0, 0.05) is 31.7 Å². The molecule has 0 radical (unpaired) electrons. The number of nitrogens with zero attached hydrogens (tertiary/aromatic N) is 3. The Kier molecular flexibility index (Phi) is 5.13. The highest BCUT2D eigenvalue weighted by atomic mass is 32.2. The molecule has 0 saturated carbocycles. The molecule has 0 aromatic rings. The zero-order valence-electron chi connectivity index (χ0n) is 11.6. The van der Waals surface area contributed by atoms with Crippen LogP contribution < -0.4 is 10.5 Å². The van der Waals surface area contributed by atoms with Crippen LogP contribution in [0.4, 0.5) is 0 Å². The fraction of sp³-hybridized carbons (Fsp3) is 0.900. The van der Waals surface area contributed by atoms with E-state index in [-0.39, 0.29) is 5.84 Å². The molecule has 8 nitrogen and oxygen atoms in total. The number of oxime groups is 1. The van der Waals surface area contributed by atoms with E-state index in [1.54, 1.807) is 20.8 Å². The van der Waals surface area contributed by atoms with Gasteiger partial charge in [-0.3, -0.25) is 4.90 Å². The molecule has 0 spiro atoms. The summed E-state index contributed by atoms with van der Waals surface area (Å²) in [7, 11) is -3.45. The lowest BCUT2D eigenvalue weighted by atomic mass is 10.1. The van der Waals surface area contributed by atoms with Crippen molar-refractivity contribution in [3.05, 3.63) is 0 Å². The highest BCUT2D eigenvalue weighted by Crippen LogP contribution is 2.10. The molecule has 9 heteroatoms. The summed E-state index contributed by atoms with van der Waals surface area (Å²) in [5.74, 6) is 0.129. The molecule has 0 aliphatic carbocycles. The summed E-state index contributed by atoms with van der Waals surface area (Å²) in [6.45, 7) is 7.66. The van der Waals surface area contributed by atoms with Gasteiger partial charge in [-0.2, -0.15) is 17.4 Å². The van der Waals surface area contributed by atoms with E-state index in [1.807, 2.05) is 4.90 Å². The molecule has 1 rings (SSSR count). The topological polar surface area (TPSA) is 111 Å². The van der Waals surface area contributed by atoms with E-state index >= 15 is 0 Å². The van der Waals surface area contributed by atoms with Crippen molar-refractivity contribution in [1.29, 1.82) is 0 Å². The third-order valence-corrected chi connectivity index (χ3v) is 4.54. The average Bonchev–Trinajstić information content (AvgIpc) is 2.26. The van der Waals surface area contributed by atoms with E-state index in [2.05, 4.69) is 9.88 Å². The molecule has 0 amide bonds. The van der Waals surface area contributed by atoms with E-state index < -0.39 is 15.7 Å². The molecule has 4 N–H and O–H groups in total. The van der Waals surface area contributed by atoms with Crippen LogP contribution in [0.15, 0.2) is 5.16 Å². The zero-order chi connectivity index (χ0) is 14.7. The zero-order valence-corrected chi connectivity index (χ0v) is 12.4. The smallest absolute Gasteiger partial charge is 0.280 e. The Hall–Kier alpha value is -0.900. The first-order valence-electron chi connectivity index (χ1n) is 6.12. The van der Waals surface area contributed by atoms with Gasteiger partial charge in [0.2, 0.25) is 0 Å². The number of rotatable bonds is 4. The lowest BCUT2D eigenvalue weighted by molar-refractivity contribution is 0.203. The van der Waals surface area contributed by atoms with Crippen LogP contribution in [0.25, 0.3) is 0 Å². The molecule has 1 heterocycles. The molecule has 0 aromatic heterocycles. The monoisotopic (exact) mass is 293 g/mol. The van der Waals surface area contributed by atoms with Gasteiger partial charge in [0.25, 0.3) is 10.2 Å². The maximum atomic E-state index is 12.1. The second-order valence-electron chi connectivity index (χ2n) is 5.62. The maximum absolute atomic E-state index is 12.1. The molecule has 0 bridgehead atoms. The molecule has 1 aliphatic heterocycles. The number of hydrogen-bond acceptors (Lipinski definition) is 5. The first kappa shape index (κ1) is 16.2. The highest BCUT2D eigenvalue weighted by Gasteiger charge is 2.30. The number of nitrogens with one attached hydrogen (secondary N) is 1. The van der Waals surface area contributed by atoms with Crippen molar-refractivity contribution in [3.63, 3.8) is 0 Å². The van der Waals surface area contributed by atoms with Gasteiger partial charge in [0.05, 0.1) is 6.54 Å². The van der Waals surface area contributed by atoms with E-state index in [1.165, 1.54) is 4.31 Å². The van der Waals surface area contributed by atoms with Gasteiger partial charge in [-0.1, -0.05) is 5.16 Å². The van der Waals surface area contributed by atoms with Crippen LogP contribution >= 0.6 is 0 Å². The van der Waals surface area contributed by atoms with Gasteiger partial charge in [0.15, 0.2) is 5.84 Å². The minimum atomic E-state index is -3.45. The van der Waals surface area contributed by atoms with Crippen molar-refractivity contribution in [1.82, 2.24) is 13.9 Å². The molecular formula is C10H23N5O3S.